The molecule has 0 aliphatic carbocycles. The standard InChI is InChI=1S/C15H23NO2/c17-12-14-15(18)9-5-11-16(14)10-4-8-13-6-2-1-3-7-13/h1-3,6-7,14-15,17-18H,4-5,8-12H2. The van der Waals surface area contributed by atoms with Gasteiger partial charge in [0.2, 0.25) is 0 Å². The summed E-state index contributed by atoms with van der Waals surface area (Å²) in [5.74, 6) is 0. The summed E-state index contributed by atoms with van der Waals surface area (Å²) in [6.45, 7) is 2.01. The zero-order valence-electron chi connectivity index (χ0n) is 10.8. The Kier molecular flexibility index (Phi) is 5.17. The molecular weight excluding hydrogens is 226 g/mol. The lowest BCUT2D eigenvalue weighted by molar-refractivity contribution is -0.0160. The van der Waals surface area contributed by atoms with Gasteiger partial charge >= 0.3 is 0 Å². The highest BCUT2D eigenvalue weighted by atomic mass is 16.3. The Morgan fingerprint density at radius 1 is 1.22 bits per heavy atom. The molecule has 0 spiro atoms. The van der Waals surface area contributed by atoms with Gasteiger partial charge in [-0.3, -0.25) is 4.90 Å². The fourth-order valence-corrected chi connectivity index (χ4v) is 2.75. The molecule has 3 nitrogen and oxygen atoms in total. The normalized spacial score (nSPS) is 25.2. The Balaban J connectivity index is 1.78. The Morgan fingerprint density at radius 2 is 2.00 bits per heavy atom. The smallest absolute Gasteiger partial charge is 0.0718 e. The Labute approximate surface area is 109 Å². The van der Waals surface area contributed by atoms with Gasteiger partial charge in [-0.1, -0.05) is 30.3 Å². The topological polar surface area (TPSA) is 43.7 Å². The summed E-state index contributed by atoms with van der Waals surface area (Å²) in [6, 6.07) is 10.4. The van der Waals surface area contributed by atoms with Crippen molar-refractivity contribution in [1.29, 1.82) is 0 Å². The third kappa shape index (κ3) is 3.55. The molecule has 2 atom stereocenters. The molecule has 3 heteroatoms. The van der Waals surface area contributed by atoms with Crippen LogP contribution in [-0.4, -0.2) is 47.0 Å². The molecule has 0 radical (unpaired) electrons. The summed E-state index contributed by atoms with van der Waals surface area (Å²) in [5.41, 5.74) is 1.36. The van der Waals surface area contributed by atoms with Gasteiger partial charge in [0.05, 0.1) is 18.8 Å². The molecule has 2 N–H and O–H groups in total. The number of piperidine rings is 1. The van der Waals surface area contributed by atoms with E-state index in [4.69, 9.17) is 0 Å². The van der Waals surface area contributed by atoms with Crippen LogP contribution >= 0.6 is 0 Å². The molecule has 1 aliphatic rings. The SMILES string of the molecule is OCC1C(O)CCCN1CCCc1ccccc1. The maximum atomic E-state index is 9.85. The minimum atomic E-state index is -0.361. The fraction of sp³-hybridized carbons (Fsp3) is 0.600. The second-order valence-electron chi connectivity index (χ2n) is 5.08. The number of rotatable bonds is 5. The largest absolute Gasteiger partial charge is 0.395 e. The molecule has 0 bridgehead atoms. The van der Waals surface area contributed by atoms with E-state index in [1.807, 2.05) is 6.07 Å². The van der Waals surface area contributed by atoms with Gasteiger partial charge in [-0.2, -0.15) is 0 Å². The van der Waals surface area contributed by atoms with Crippen LogP contribution in [0, 0.1) is 0 Å². The molecule has 100 valence electrons. The number of likely N-dealkylation sites (tertiary alicyclic amines) is 1. The number of aryl methyl sites for hydroxylation is 1. The minimum absolute atomic E-state index is 0.0606. The summed E-state index contributed by atoms with van der Waals surface area (Å²) >= 11 is 0. The number of hydrogen-bond acceptors (Lipinski definition) is 3. The first kappa shape index (κ1) is 13.5. The third-order valence-electron chi connectivity index (χ3n) is 3.80. The quantitative estimate of drug-likeness (QED) is 0.830. The summed E-state index contributed by atoms with van der Waals surface area (Å²) in [5, 5.41) is 19.2. The van der Waals surface area contributed by atoms with E-state index in [-0.39, 0.29) is 18.8 Å². The van der Waals surface area contributed by atoms with E-state index in [0.29, 0.717) is 0 Å². The van der Waals surface area contributed by atoms with Crippen molar-refractivity contribution < 1.29 is 10.2 Å². The lowest BCUT2D eigenvalue weighted by Gasteiger charge is -2.38. The zero-order valence-corrected chi connectivity index (χ0v) is 10.8. The highest BCUT2D eigenvalue weighted by molar-refractivity contribution is 5.14. The van der Waals surface area contributed by atoms with Gasteiger partial charge in [0, 0.05) is 0 Å². The van der Waals surface area contributed by atoms with Gasteiger partial charge in [0.15, 0.2) is 0 Å². The number of aliphatic hydroxyl groups is 2. The highest BCUT2D eigenvalue weighted by Crippen LogP contribution is 2.18. The van der Waals surface area contributed by atoms with Crippen molar-refractivity contribution in [2.45, 2.75) is 37.8 Å². The molecule has 0 aromatic heterocycles. The van der Waals surface area contributed by atoms with E-state index in [2.05, 4.69) is 29.2 Å². The molecule has 1 aromatic rings. The van der Waals surface area contributed by atoms with Crippen molar-refractivity contribution in [3.05, 3.63) is 35.9 Å². The van der Waals surface area contributed by atoms with E-state index in [0.717, 1.165) is 38.8 Å². The van der Waals surface area contributed by atoms with Gasteiger partial charge in [0.25, 0.3) is 0 Å². The first-order valence-corrected chi connectivity index (χ1v) is 6.88. The van der Waals surface area contributed by atoms with Crippen LogP contribution in [0.25, 0.3) is 0 Å². The molecule has 2 unspecified atom stereocenters. The first-order chi connectivity index (χ1) is 8.81. The molecule has 1 fully saturated rings. The van der Waals surface area contributed by atoms with E-state index >= 15 is 0 Å². The van der Waals surface area contributed by atoms with Crippen molar-refractivity contribution >= 4 is 0 Å². The molecule has 1 heterocycles. The van der Waals surface area contributed by atoms with Gasteiger partial charge in [-0.05, 0) is 44.3 Å². The molecule has 2 rings (SSSR count). The summed E-state index contributed by atoms with van der Waals surface area (Å²) in [4.78, 5) is 2.23. The molecule has 0 amide bonds. The van der Waals surface area contributed by atoms with Crippen LogP contribution < -0.4 is 0 Å². The van der Waals surface area contributed by atoms with Crippen molar-refractivity contribution in [1.82, 2.24) is 4.90 Å². The summed E-state index contributed by atoms with van der Waals surface area (Å²) < 4.78 is 0. The predicted molar refractivity (Wildman–Crippen MR) is 72.5 cm³/mol. The lowest BCUT2D eigenvalue weighted by Crippen LogP contribution is -2.50. The Morgan fingerprint density at radius 3 is 2.72 bits per heavy atom. The summed E-state index contributed by atoms with van der Waals surface area (Å²) in [6.07, 6.45) is 3.63. The number of nitrogens with zero attached hydrogens (tertiary/aromatic N) is 1. The van der Waals surface area contributed by atoms with Crippen LogP contribution in [0.15, 0.2) is 30.3 Å². The molecule has 1 saturated heterocycles. The number of aliphatic hydroxyl groups excluding tert-OH is 2. The van der Waals surface area contributed by atoms with Crippen LogP contribution in [0.2, 0.25) is 0 Å². The van der Waals surface area contributed by atoms with Crippen molar-refractivity contribution in [3.8, 4) is 0 Å². The van der Waals surface area contributed by atoms with E-state index < -0.39 is 0 Å². The van der Waals surface area contributed by atoms with E-state index in [9.17, 15) is 10.2 Å². The van der Waals surface area contributed by atoms with Crippen LogP contribution in [0.4, 0.5) is 0 Å². The fourth-order valence-electron chi connectivity index (χ4n) is 2.75. The number of hydrogen-bond donors (Lipinski definition) is 2. The van der Waals surface area contributed by atoms with Gasteiger partial charge in [-0.15, -0.1) is 0 Å². The van der Waals surface area contributed by atoms with Crippen LogP contribution in [0.5, 0.6) is 0 Å². The highest BCUT2D eigenvalue weighted by Gasteiger charge is 2.28. The first-order valence-electron chi connectivity index (χ1n) is 6.88. The van der Waals surface area contributed by atoms with E-state index in [1.165, 1.54) is 5.56 Å². The number of benzene rings is 1. The lowest BCUT2D eigenvalue weighted by atomic mass is 9.99. The average molecular weight is 249 g/mol. The minimum Gasteiger partial charge on any atom is -0.395 e. The molecule has 18 heavy (non-hydrogen) atoms. The maximum absolute atomic E-state index is 9.85. The van der Waals surface area contributed by atoms with E-state index in [1.54, 1.807) is 0 Å². The van der Waals surface area contributed by atoms with Gasteiger partial charge in [-0.25, -0.2) is 0 Å². The van der Waals surface area contributed by atoms with Crippen LogP contribution in [0.1, 0.15) is 24.8 Å². The summed E-state index contributed by atoms with van der Waals surface area (Å²) in [7, 11) is 0. The van der Waals surface area contributed by atoms with Gasteiger partial charge in [0.1, 0.15) is 0 Å². The second kappa shape index (κ2) is 6.88. The molecular formula is C15H23NO2. The van der Waals surface area contributed by atoms with Crippen molar-refractivity contribution in [2.24, 2.45) is 0 Å². The van der Waals surface area contributed by atoms with Crippen LogP contribution in [0.3, 0.4) is 0 Å². The molecule has 1 aliphatic heterocycles. The second-order valence-corrected chi connectivity index (χ2v) is 5.08. The Hall–Kier alpha value is -0.900. The predicted octanol–water partition coefficient (Wildman–Crippen LogP) is 1.44. The van der Waals surface area contributed by atoms with Gasteiger partial charge < -0.3 is 10.2 Å². The van der Waals surface area contributed by atoms with Crippen LogP contribution in [-0.2, 0) is 6.42 Å². The third-order valence-corrected chi connectivity index (χ3v) is 3.80. The Bertz CT molecular complexity index is 342. The maximum Gasteiger partial charge on any atom is 0.0718 e. The average Bonchev–Trinajstić information content (AvgIpc) is 2.40. The molecule has 0 saturated carbocycles. The monoisotopic (exact) mass is 249 g/mol. The van der Waals surface area contributed by atoms with Crippen molar-refractivity contribution in [2.75, 3.05) is 19.7 Å². The molecule has 1 aromatic carbocycles. The zero-order chi connectivity index (χ0) is 12.8. The van der Waals surface area contributed by atoms with Crippen molar-refractivity contribution in [3.63, 3.8) is 0 Å².